The number of unbranched alkanes of at least 4 members (excludes halogenated alkanes) is 1. The normalized spacial score (nSPS) is 20.2. The van der Waals surface area contributed by atoms with E-state index in [1.807, 2.05) is 0 Å². The Morgan fingerprint density at radius 3 is 2.94 bits per heavy atom. The second-order valence-corrected chi connectivity index (χ2v) is 4.17. The van der Waals surface area contributed by atoms with Crippen LogP contribution in [-0.2, 0) is 9.59 Å². The summed E-state index contributed by atoms with van der Waals surface area (Å²) < 4.78 is 0. The molecular weight excluding hydrogens is 226 g/mol. The summed E-state index contributed by atoms with van der Waals surface area (Å²) in [5, 5.41) is 8.67. The standard InChI is InChI=1S/C10H17N3O2S/c1-2-3-6-11-10(16)12-7-4-5-8(14)13-9(7)15/h7H,2-6H2,1H3,(H2,11,12,16)(H,13,14,15). The first-order chi connectivity index (χ1) is 7.63. The molecule has 90 valence electrons. The van der Waals surface area contributed by atoms with E-state index in [0.29, 0.717) is 18.0 Å². The molecule has 5 nitrogen and oxygen atoms in total. The Balaban J connectivity index is 2.28. The molecular formula is C10H17N3O2S. The van der Waals surface area contributed by atoms with Crippen molar-refractivity contribution in [2.45, 2.75) is 38.6 Å². The highest BCUT2D eigenvalue weighted by molar-refractivity contribution is 7.80. The molecule has 0 radical (unpaired) electrons. The van der Waals surface area contributed by atoms with Gasteiger partial charge < -0.3 is 10.6 Å². The zero-order valence-corrected chi connectivity index (χ0v) is 10.2. The van der Waals surface area contributed by atoms with Crippen molar-refractivity contribution in [3.63, 3.8) is 0 Å². The van der Waals surface area contributed by atoms with Gasteiger partial charge in [0.05, 0.1) is 0 Å². The second-order valence-electron chi connectivity index (χ2n) is 3.76. The van der Waals surface area contributed by atoms with Crippen molar-refractivity contribution in [1.29, 1.82) is 0 Å². The molecule has 0 saturated carbocycles. The van der Waals surface area contributed by atoms with E-state index < -0.39 is 0 Å². The molecule has 1 unspecified atom stereocenters. The summed E-state index contributed by atoms with van der Waals surface area (Å²) in [4.78, 5) is 22.3. The highest BCUT2D eigenvalue weighted by atomic mass is 32.1. The van der Waals surface area contributed by atoms with E-state index in [1.165, 1.54) is 0 Å². The Morgan fingerprint density at radius 1 is 1.56 bits per heavy atom. The maximum atomic E-state index is 11.4. The summed E-state index contributed by atoms with van der Waals surface area (Å²) in [5.41, 5.74) is 0. The minimum atomic E-state index is -0.390. The van der Waals surface area contributed by atoms with Gasteiger partial charge >= 0.3 is 0 Å². The number of hydrogen-bond donors (Lipinski definition) is 3. The first kappa shape index (κ1) is 12.9. The molecule has 1 atom stereocenters. The predicted molar refractivity (Wildman–Crippen MR) is 64.8 cm³/mol. The molecule has 1 aliphatic heterocycles. The molecule has 6 heteroatoms. The lowest BCUT2D eigenvalue weighted by molar-refractivity contribution is -0.134. The molecule has 0 aromatic rings. The SMILES string of the molecule is CCCCNC(=S)NC1CCC(=O)NC1=O. The van der Waals surface area contributed by atoms with Gasteiger partial charge in [0.2, 0.25) is 11.8 Å². The Morgan fingerprint density at radius 2 is 2.31 bits per heavy atom. The molecule has 1 saturated heterocycles. The summed E-state index contributed by atoms with van der Waals surface area (Å²) in [6.07, 6.45) is 2.99. The zero-order chi connectivity index (χ0) is 12.0. The highest BCUT2D eigenvalue weighted by Gasteiger charge is 2.26. The molecule has 2 amide bonds. The summed E-state index contributed by atoms with van der Waals surface area (Å²) in [6, 6.07) is -0.390. The predicted octanol–water partition coefficient (Wildman–Crippen LogP) is 0.0558. The molecule has 0 bridgehead atoms. The van der Waals surface area contributed by atoms with Crippen LogP contribution in [0.5, 0.6) is 0 Å². The Labute approximate surface area is 100 Å². The first-order valence-electron chi connectivity index (χ1n) is 5.51. The van der Waals surface area contributed by atoms with Crippen molar-refractivity contribution >= 4 is 29.1 Å². The fraction of sp³-hybridized carbons (Fsp3) is 0.700. The van der Waals surface area contributed by atoms with Crippen molar-refractivity contribution in [3.05, 3.63) is 0 Å². The van der Waals surface area contributed by atoms with Gasteiger partial charge in [-0.1, -0.05) is 13.3 Å². The van der Waals surface area contributed by atoms with Gasteiger partial charge in [0.25, 0.3) is 0 Å². The van der Waals surface area contributed by atoms with Gasteiger partial charge in [-0.2, -0.15) is 0 Å². The quantitative estimate of drug-likeness (QED) is 0.370. The Hall–Kier alpha value is -1.17. The third-order valence-corrected chi connectivity index (χ3v) is 2.62. The number of piperidine rings is 1. The third-order valence-electron chi connectivity index (χ3n) is 2.36. The minimum absolute atomic E-state index is 0.215. The van der Waals surface area contributed by atoms with Gasteiger partial charge in [0.15, 0.2) is 5.11 Å². The van der Waals surface area contributed by atoms with E-state index in [0.717, 1.165) is 19.4 Å². The van der Waals surface area contributed by atoms with E-state index >= 15 is 0 Å². The number of hydrogen-bond acceptors (Lipinski definition) is 3. The summed E-state index contributed by atoms with van der Waals surface area (Å²) in [7, 11) is 0. The van der Waals surface area contributed by atoms with Crippen molar-refractivity contribution in [2.75, 3.05) is 6.54 Å². The van der Waals surface area contributed by atoms with Gasteiger partial charge in [-0.25, -0.2) is 0 Å². The Bertz CT molecular complexity index is 294. The minimum Gasteiger partial charge on any atom is -0.363 e. The molecule has 0 spiro atoms. The van der Waals surface area contributed by atoms with Crippen molar-refractivity contribution in [3.8, 4) is 0 Å². The smallest absolute Gasteiger partial charge is 0.249 e. The Kier molecular flexibility index (Phi) is 5.18. The molecule has 1 fully saturated rings. The van der Waals surface area contributed by atoms with Gasteiger partial charge in [-0.3, -0.25) is 14.9 Å². The van der Waals surface area contributed by atoms with E-state index in [4.69, 9.17) is 12.2 Å². The molecule has 0 aromatic heterocycles. The second kappa shape index (κ2) is 6.42. The lowest BCUT2D eigenvalue weighted by Gasteiger charge is -2.23. The topological polar surface area (TPSA) is 70.2 Å². The van der Waals surface area contributed by atoms with E-state index in [1.54, 1.807) is 0 Å². The molecule has 0 aliphatic carbocycles. The number of carbonyl (C=O) groups is 2. The molecule has 1 rings (SSSR count). The highest BCUT2D eigenvalue weighted by Crippen LogP contribution is 2.03. The van der Waals surface area contributed by atoms with Gasteiger partial charge in [-0.05, 0) is 25.1 Å². The van der Waals surface area contributed by atoms with Crippen LogP contribution >= 0.6 is 12.2 Å². The number of thiocarbonyl (C=S) groups is 1. The van der Waals surface area contributed by atoms with Crippen LogP contribution in [-0.4, -0.2) is 29.5 Å². The van der Waals surface area contributed by atoms with Crippen LogP contribution in [0.15, 0.2) is 0 Å². The van der Waals surface area contributed by atoms with Crippen LogP contribution < -0.4 is 16.0 Å². The summed E-state index contributed by atoms with van der Waals surface area (Å²) >= 11 is 5.04. The molecule has 16 heavy (non-hydrogen) atoms. The number of carbonyl (C=O) groups excluding carboxylic acids is 2. The monoisotopic (exact) mass is 243 g/mol. The van der Waals surface area contributed by atoms with Gasteiger partial charge in [-0.15, -0.1) is 0 Å². The summed E-state index contributed by atoms with van der Waals surface area (Å²) in [5.74, 6) is -0.510. The van der Waals surface area contributed by atoms with Crippen molar-refractivity contribution in [1.82, 2.24) is 16.0 Å². The number of rotatable bonds is 4. The van der Waals surface area contributed by atoms with E-state index in [2.05, 4.69) is 22.9 Å². The third kappa shape index (κ3) is 4.14. The van der Waals surface area contributed by atoms with Crippen LogP contribution in [0.1, 0.15) is 32.6 Å². The maximum Gasteiger partial charge on any atom is 0.249 e. The lowest BCUT2D eigenvalue weighted by Crippen LogP contribution is -2.54. The first-order valence-corrected chi connectivity index (χ1v) is 5.92. The lowest BCUT2D eigenvalue weighted by atomic mass is 10.1. The van der Waals surface area contributed by atoms with E-state index in [-0.39, 0.29) is 17.9 Å². The van der Waals surface area contributed by atoms with Crippen LogP contribution in [0.2, 0.25) is 0 Å². The van der Waals surface area contributed by atoms with Crippen LogP contribution in [0, 0.1) is 0 Å². The van der Waals surface area contributed by atoms with Crippen molar-refractivity contribution in [2.24, 2.45) is 0 Å². The van der Waals surface area contributed by atoms with Crippen molar-refractivity contribution < 1.29 is 9.59 Å². The molecule has 0 aromatic carbocycles. The fourth-order valence-corrected chi connectivity index (χ4v) is 1.66. The zero-order valence-electron chi connectivity index (χ0n) is 9.34. The molecule has 1 aliphatic rings. The van der Waals surface area contributed by atoms with Gasteiger partial charge in [0.1, 0.15) is 6.04 Å². The average molecular weight is 243 g/mol. The van der Waals surface area contributed by atoms with Gasteiger partial charge in [0, 0.05) is 13.0 Å². The number of imide groups is 1. The average Bonchev–Trinajstić information content (AvgIpc) is 2.23. The van der Waals surface area contributed by atoms with Crippen LogP contribution in [0.3, 0.4) is 0 Å². The van der Waals surface area contributed by atoms with E-state index in [9.17, 15) is 9.59 Å². The fourth-order valence-electron chi connectivity index (χ4n) is 1.42. The molecule has 3 N–H and O–H groups in total. The van der Waals surface area contributed by atoms with Crippen LogP contribution in [0.25, 0.3) is 0 Å². The maximum absolute atomic E-state index is 11.4. The van der Waals surface area contributed by atoms with Crippen LogP contribution in [0.4, 0.5) is 0 Å². The number of amides is 2. The number of nitrogens with one attached hydrogen (secondary N) is 3. The molecule has 1 heterocycles. The largest absolute Gasteiger partial charge is 0.363 e. The summed E-state index contributed by atoms with van der Waals surface area (Å²) in [6.45, 7) is 2.90.